The van der Waals surface area contributed by atoms with E-state index >= 15 is 0 Å². The molecule has 8 heteroatoms. The Morgan fingerprint density at radius 1 is 1.04 bits per heavy atom. The van der Waals surface area contributed by atoms with Crippen molar-refractivity contribution < 1.29 is 18.0 Å². The number of sulfone groups is 1. The number of nitrogens with one attached hydrogen (secondary N) is 2. The SMILES string of the molecule is O=C(NNC(=O)C1(c2ccc(Br)cc2)CCCCC1)[C@H]1CCS(=O)(=O)C1. The molecule has 1 saturated carbocycles. The van der Waals surface area contributed by atoms with E-state index in [1.54, 1.807) is 0 Å². The van der Waals surface area contributed by atoms with E-state index in [0.717, 1.165) is 42.1 Å². The van der Waals surface area contributed by atoms with Crippen LogP contribution < -0.4 is 10.9 Å². The molecule has 26 heavy (non-hydrogen) atoms. The number of rotatable bonds is 3. The molecule has 1 aromatic rings. The Balaban J connectivity index is 1.70. The first kappa shape index (κ1) is 19.4. The van der Waals surface area contributed by atoms with Gasteiger partial charge in [0.15, 0.2) is 9.84 Å². The number of hydrazine groups is 1. The molecule has 2 fully saturated rings. The fraction of sp³-hybridized carbons (Fsp3) is 0.556. The van der Waals surface area contributed by atoms with Gasteiger partial charge in [-0.3, -0.25) is 20.4 Å². The first-order valence-electron chi connectivity index (χ1n) is 8.89. The lowest BCUT2D eigenvalue weighted by Gasteiger charge is -2.36. The standard InChI is InChI=1S/C18H23BrN2O4S/c19-15-6-4-14(5-7-15)18(9-2-1-3-10-18)17(23)21-20-16(22)13-8-11-26(24,25)12-13/h4-7,13H,1-3,8-12H2,(H,20,22)(H,21,23)/t13-/m0/s1. The van der Waals surface area contributed by atoms with Gasteiger partial charge in [0.2, 0.25) is 11.8 Å². The maximum Gasteiger partial charge on any atom is 0.249 e. The summed E-state index contributed by atoms with van der Waals surface area (Å²) >= 11 is 3.41. The van der Waals surface area contributed by atoms with Crippen LogP contribution in [0.4, 0.5) is 0 Å². The van der Waals surface area contributed by atoms with Crippen LogP contribution in [0.1, 0.15) is 44.1 Å². The van der Waals surface area contributed by atoms with Gasteiger partial charge in [-0.05, 0) is 37.0 Å². The molecule has 2 amide bonds. The molecule has 0 unspecified atom stereocenters. The second-order valence-corrected chi connectivity index (χ2v) is 10.3. The summed E-state index contributed by atoms with van der Waals surface area (Å²) in [6.45, 7) is 0. The minimum atomic E-state index is -3.14. The van der Waals surface area contributed by atoms with E-state index < -0.39 is 27.1 Å². The summed E-state index contributed by atoms with van der Waals surface area (Å²) in [7, 11) is -3.14. The van der Waals surface area contributed by atoms with Crippen molar-refractivity contribution in [1.29, 1.82) is 0 Å². The third-order valence-corrected chi connectivity index (χ3v) is 7.74. The number of halogens is 1. The predicted octanol–water partition coefficient (Wildman–Crippen LogP) is 2.23. The molecule has 0 spiro atoms. The zero-order valence-corrected chi connectivity index (χ0v) is 16.9. The fourth-order valence-corrected chi connectivity index (χ4v) is 5.92. The normalized spacial score (nSPS) is 24.0. The van der Waals surface area contributed by atoms with Gasteiger partial charge in [-0.2, -0.15) is 0 Å². The van der Waals surface area contributed by atoms with Crippen molar-refractivity contribution in [3.63, 3.8) is 0 Å². The first-order chi connectivity index (χ1) is 12.3. The van der Waals surface area contributed by atoms with Crippen LogP contribution in [0.25, 0.3) is 0 Å². The van der Waals surface area contributed by atoms with Crippen LogP contribution in [0.2, 0.25) is 0 Å². The number of hydrogen-bond donors (Lipinski definition) is 2. The Kier molecular flexibility index (Phi) is 5.72. The molecule has 2 aliphatic rings. The summed E-state index contributed by atoms with van der Waals surface area (Å²) in [5.74, 6) is -1.36. The van der Waals surface area contributed by atoms with E-state index in [-0.39, 0.29) is 17.4 Å². The average Bonchev–Trinajstić information content (AvgIpc) is 3.00. The van der Waals surface area contributed by atoms with Crippen LogP contribution in [0.5, 0.6) is 0 Å². The smallest absolute Gasteiger partial charge is 0.249 e. The van der Waals surface area contributed by atoms with E-state index in [1.165, 1.54) is 0 Å². The molecule has 1 aromatic carbocycles. The molecule has 2 N–H and O–H groups in total. The third kappa shape index (κ3) is 4.11. The van der Waals surface area contributed by atoms with Crippen molar-refractivity contribution in [3.05, 3.63) is 34.3 Å². The third-order valence-electron chi connectivity index (χ3n) is 5.44. The van der Waals surface area contributed by atoms with Gasteiger partial charge in [0.1, 0.15) is 0 Å². The van der Waals surface area contributed by atoms with Gasteiger partial charge in [-0.1, -0.05) is 47.3 Å². The van der Waals surface area contributed by atoms with Gasteiger partial charge >= 0.3 is 0 Å². The Bertz CT molecular complexity index is 786. The summed E-state index contributed by atoms with van der Waals surface area (Å²) in [6.07, 6.45) is 4.78. The highest BCUT2D eigenvalue weighted by Crippen LogP contribution is 2.40. The fourth-order valence-electron chi connectivity index (χ4n) is 3.91. The molecule has 1 aliphatic heterocycles. The van der Waals surface area contributed by atoms with Crippen molar-refractivity contribution >= 4 is 37.6 Å². The maximum atomic E-state index is 13.0. The van der Waals surface area contributed by atoms with Crippen LogP contribution in [0.3, 0.4) is 0 Å². The lowest BCUT2D eigenvalue weighted by Crippen LogP contribution is -2.53. The quantitative estimate of drug-likeness (QED) is 0.701. The van der Waals surface area contributed by atoms with Crippen LogP contribution in [-0.4, -0.2) is 31.7 Å². The van der Waals surface area contributed by atoms with Gasteiger partial charge < -0.3 is 0 Å². The first-order valence-corrected chi connectivity index (χ1v) is 11.5. The van der Waals surface area contributed by atoms with E-state index in [0.29, 0.717) is 6.42 Å². The molecule has 1 heterocycles. The second-order valence-electron chi connectivity index (χ2n) is 7.19. The van der Waals surface area contributed by atoms with E-state index in [9.17, 15) is 18.0 Å². The Morgan fingerprint density at radius 3 is 2.27 bits per heavy atom. The minimum absolute atomic E-state index is 0.0296. The number of carbonyl (C=O) groups is 2. The molecule has 6 nitrogen and oxygen atoms in total. The maximum absolute atomic E-state index is 13.0. The number of benzene rings is 1. The molecule has 0 aromatic heterocycles. The Labute approximate surface area is 162 Å². The lowest BCUT2D eigenvalue weighted by atomic mass is 9.69. The predicted molar refractivity (Wildman–Crippen MR) is 102 cm³/mol. The van der Waals surface area contributed by atoms with Crippen LogP contribution >= 0.6 is 15.9 Å². The summed E-state index contributed by atoms with van der Waals surface area (Å²) in [5, 5.41) is 0. The average molecular weight is 443 g/mol. The van der Waals surface area contributed by atoms with Gasteiger partial charge in [0.05, 0.1) is 22.8 Å². The van der Waals surface area contributed by atoms with E-state index in [2.05, 4.69) is 26.8 Å². The summed E-state index contributed by atoms with van der Waals surface area (Å²) in [5.41, 5.74) is 5.30. The molecular formula is C18H23BrN2O4S. The Morgan fingerprint density at radius 2 is 1.69 bits per heavy atom. The van der Waals surface area contributed by atoms with Crippen LogP contribution in [-0.2, 0) is 24.8 Å². The second kappa shape index (κ2) is 7.68. The van der Waals surface area contributed by atoms with Crippen molar-refractivity contribution in [2.24, 2.45) is 5.92 Å². The number of hydrogen-bond acceptors (Lipinski definition) is 4. The minimum Gasteiger partial charge on any atom is -0.273 e. The van der Waals surface area contributed by atoms with Crippen molar-refractivity contribution in [2.75, 3.05) is 11.5 Å². The zero-order chi connectivity index (χ0) is 18.8. The van der Waals surface area contributed by atoms with Gasteiger partial charge in [-0.15, -0.1) is 0 Å². The highest BCUT2D eigenvalue weighted by atomic mass is 79.9. The number of carbonyl (C=O) groups excluding carboxylic acids is 2. The highest BCUT2D eigenvalue weighted by Gasteiger charge is 2.41. The molecule has 3 rings (SSSR count). The van der Waals surface area contributed by atoms with Gasteiger partial charge in [0.25, 0.3) is 0 Å². The zero-order valence-electron chi connectivity index (χ0n) is 14.5. The lowest BCUT2D eigenvalue weighted by molar-refractivity contribution is -0.134. The van der Waals surface area contributed by atoms with Crippen molar-refractivity contribution in [2.45, 2.75) is 43.9 Å². The molecule has 0 radical (unpaired) electrons. The van der Waals surface area contributed by atoms with Gasteiger partial charge in [-0.25, -0.2) is 8.42 Å². The summed E-state index contributed by atoms with van der Waals surface area (Å²) in [4.78, 5) is 25.2. The van der Waals surface area contributed by atoms with E-state index in [1.807, 2.05) is 24.3 Å². The van der Waals surface area contributed by atoms with E-state index in [4.69, 9.17) is 0 Å². The topological polar surface area (TPSA) is 92.3 Å². The van der Waals surface area contributed by atoms with Crippen LogP contribution in [0.15, 0.2) is 28.7 Å². The Hall–Kier alpha value is -1.41. The molecular weight excluding hydrogens is 420 g/mol. The van der Waals surface area contributed by atoms with Crippen molar-refractivity contribution in [3.8, 4) is 0 Å². The van der Waals surface area contributed by atoms with Gasteiger partial charge in [0, 0.05) is 4.47 Å². The number of amides is 2. The largest absolute Gasteiger partial charge is 0.273 e. The molecule has 142 valence electrons. The van der Waals surface area contributed by atoms with Crippen LogP contribution in [0, 0.1) is 5.92 Å². The highest BCUT2D eigenvalue weighted by molar-refractivity contribution is 9.10. The summed E-state index contributed by atoms with van der Waals surface area (Å²) in [6, 6.07) is 7.72. The monoisotopic (exact) mass is 442 g/mol. The molecule has 1 saturated heterocycles. The molecule has 1 atom stereocenters. The molecule has 0 bridgehead atoms. The molecule has 1 aliphatic carbocycles. The van der Waals surface area contributed by atoms with Crippen molar-refractivity contribution in [1.82, 2.24) is 10.9 Å². The summed E-state index contributed by atoms with van der Waals surface area (Å²) < 4.78 is 24.0.